The average Bonchev–Trinajstić information content (AvgIpc) is 3.08. The van der Waals surface area contributed by atoms with E-state index in [4.69, 9.17) is 14.2 Å². The lowest BCUT2D eigenvalue weighted by atomic mass is 9.96. The number of ether oxygens (including phenoxy) is 3. The maximum absolute atomic E-state index is 12.3. The van der Waals surface area contributed by atoms with Gasteiger partial charge in [0.25, 0.3) is 5.91 Å². The minimum atomic E-state index is -1.07. The van der Waals surface area contributed by atoms with E-state index in [1.165, 1.54) is 0 Å². The predicted molar refractivity (Wildman–Crippen MR) is 92.2 cm³/mol. The Bertz CT molecular complexity index is 755. The molecule has 0 aliphatic carbocycles. The summed E-state index contributed by atoms with van der Waals surface area (Å²) < 4.78 is 15.6. The quantitative estimate of drug-likeness (QED) is 0.840. The molecule has 3 rings (SSSR count). The van der Waals surface area contributed by atoms with Crippen molar-refractivity contribution in [2.45, 2.75) is 18.9 Å². The minimum absolute atomic E-state index is 0.131. The van der Waals surface area contributed by atoms with Crippen molar-refractivity contribution in [3.8, 4) is 17.2 Å². The first-order valence-electron chi connectivity index (χ1n) is 8.00. The standard InChI is InChI=1S/C19H21NO5/c1-19(22,10-13-3-6-15(23-2)7-4-13)11-20-18(21)14-5-8-16-17(9-14)25-12-24-16/h3-9,22H,10-12H2,1-2H3,(H,20,21)/t19-/m0/s1. The van der Waals surface area contributed by atoms with Crippen LogP contribution in [-0.4, -0.2) is 37.1 Å². The van der Waals surface area contributed by atoms with E-state index in [9.17, 15) is 9.90 Å². The van der Waals surface area contributed by atoms with Crippen molar-refractivity contribution in [2.75, 3.05) is 20.4 Å². The molecule has 2 aromatic rings. The highest BCUT2D eigenvalue weighted by Crippen LogP contribution is 2.32. The number of carbonyl (C=O) groups excluding carboxylic acids is 1. The molecule has 1 atom stereocenters. The van der Waals surface area contributed by atoms with Gasteiger partial charge in [0, 0.05) is 18.5 Å². The molecular formula is C19H21NO5. The van der Waals surface area contributed by atoms with Gasteiger partial charge in [0.15, 0.2) is 11.5 Å². The Kier molecular flexibility index (Phi) is 4.81. The van der Waals surface area contributed by atoms with E-state index < -0.39 is 5.60 Å². The fourth-order valence-corrected chi connectivity index (χ4v) is 2.66. The minimum Gasteiger partial charge on any atom is -0.497 e. The Balaban J connectivity index is 1.58. The summed E-state index contributed by atoms with van der Waals surface area (Å²) in [6, 6.07) is 12.5. The van der Waals surface area contributed by atoms with Gasteiger partial charge < -0.3 is 24.6 Å². The van der Waals surface area contributed by atoms with Crippen molar-refractivity contribution >= 4 is 5.91 Å². The third-order valence-electron chi connectivity index (χ3n) is 4.01. The number of methoxy groups -OCH3 is 1. The van der Waals surface area contributed by atoms with Crippen LogP contribution in [0.3, 0.4) is 0 Å². The Morgan fingerprint density at radius 3 is 2.64 bits per heavy atom. The zero-order chi connectivity index (χ0) is 17.9. The van der Waals surface area contributed by atoms with Gasteiger partial charge in [-0.1, -0.05) is 12.1 Å². The van der Waals surface area contributed by atoms with Crippen molar-refractivity contribution in [3.05, 3.63) is 53.6 Å². The van der Waals surface area contributed by atoms with Gasteiger partial charge in [-0.3, -0.25) is 4.79 Å². The summed E-state index contributed by atoms with van der Waals surface area (Å²) in [5.74, 6) is 1.67. The predicted octanol–water partition coefficient (Wildman–Crippen LogP) is 2.15. The van der Waals surface area contributed by atoms with Gasteiger partial charge in [-0.25, -0.2) is 0 Å². The number of carbonyl (C=O) groups is 1. The number of hydrogen-bond acceptors (Lipinski definition) is 5. The molecule has 0 unspecified atom stereocenters. The summed E-state index contributed by atoms with van der Waals surface area (Å²) in [6.45, 7) is 1.99. The van der Waals surface area contributed by atoms with Crippen LogP contribution < -0.4 is 19.5 Å². The normalized spacial score (nSPS) is 14.7. The van der Waals surface area contributed by atoms with Gasteiger partial charge in [-0.05, 0) is 42.8 Å². The number of fused-ring (bicyclic) bond motifs is 1. The second kappa shape index (κ2) is 7.03. The van der Waals surface area contributed by atoms with Crippen LogP contribution in [0.5, 0.6) is 17.2 Å². The molecule has 0 bridgehead atoms. The van der Waals surface area contributed by atoms with E-state index in [1.807, 2.05) is 24.3 Å². The molecule has 1 heterocycles. The average molecular weight is 343 g/mol. The number of aliphatic hydroxyl groups is 1. The first-order valence-corrected chi connectivity index (χ1v) is 8.00. The zero-order valence-corrected chi connectivity index (χ0v) is 14.2. The second-order valence-electron chi connectivity index (χ2n) is 6.27. The third kappa shape index (κ3) is 4.22. The molecule has 0 radical (unpaired) electrons. The number of nitrogens with one attached hydrogen (secondary N) is 1. The van der Waals surface area contributed by atoms with E-state index >= 15 is 0 Å². The Hall–Kier alpha value is -2.73. The second-order valence-corrected chi connectivity index (χ2v) is 6.27. The molecule has 2 N–H and O–H groups in total. The highest BCUT2D eigenvalue weighted by Gasteiger charge is 2.23. The highest BCUT2D eigenvalue weighted by atomic mass is 16.7. The first-order chi connectivity index (χ1) is 12.0. The molecule has 0 saturated carbocycles. The van der Waals surface area contributed by atoms with Crippen LogP contribution in [0.4, 0.5) is 0 Å². The monoisotopic (exact) mass is 343 g/mol. The lowest BCUT2D eigenvalue weighted by Crippen LogP contribution is -2.42. The van der Waals surface area contributed by atoms with Gasteiger partial charge in [-0.15, -0.1) is 0 Å². The van der Waals surface area contributed by atoms with Crippen LogP contribution >= 0.6 is 0 Å². The van der Waals surface area contributed by atoms with Crippen molar-refractivity contribution < 1.29 is 24.1 Å². The summed E-state index contributed by atoms with van der Waals surface area (Å²) in [4.78, 5) is 12.3. The first kappa shape index (κ1) is 17.1. The maximum Gasteiger partial charge on any atom is 0.251 e. The lowest BCUT2D eigenvalue weighted by Gasteiger charge is -2.24. The molecule has 0 saturated heterocycles. The van der Waals surface area contributed by atoms with Crippen molar-refractivity contribution in [1.29, 1.82) is 0 Å². The Morgan fingerprint density at radius 2 is 1.92 bits per heavy atom. The van der Waals surface area contributed by atoms with Crippen LogP contribution in [0.1, 0.15) is 22.8 Å². The molecule has 0 spiro atoms. The number of benzene rings is 2. The van der Waals surface area contributed by atoms with Gasteiger partial charge in [0.05, 0.1) is 12.7 Å². The maximum atomic E-state index is 12.3. The fraction of sp³-hybridized carbons (Fsp3) is 0.316. The summed E-state index contributed by atoms with van der Waals surface area (Å²) in [6.07, 6.45) is 0.415. The SMILES string of the molecule is COc1ccc(C[C@](C)(O)CNC(=O)c2ccc3c(c2)OCO3)cc1. The van der Waals surface area contributed by atoms with E-state index in [0.717, 1.165) is 11.3 Å². The molecule has 1 aliphatic rings. The van der Waals surface area contributed by atoms with Gasteiger partial charge >= 0.3 is 0 Å². The van der Waals surface area contributed by atoms with Gasteiger partial charge in [-0.2, -0.15) is 0 Å². The van der Waals surface area contributed by atoms with E-state index in [0.29, 0.717) is 23.5 Å². The number of hydrogen-bond donors (Lipinski definition) is 2. The Morgan fingerprint density at radius 1 is 1.20 bits per heavy atom. The molecule has 2 aromatic carbocycles. The highest BCUT2D eigenvalue weighted by molar-refractivity contribution is 5.95. The zero-order valence-electron chi connectivity index (χ0n) is 14.2. The molecule has 6 nitrogen and oxygen atoms in total. The van der Waals surface area contributed by atoms with Gasteiger partial charge in [0.1, 0.15) is 5.75 Å². The molecule has 0 fully saturated rings. The molecule has 6 heteroatoms. The third-order valence-corrected chi connectivity index (χ3v) is 4.01. The topological polar surface area (TPSA) is 77.0 Å². The van der Waals surface area contributed by atoms with Crippen molar-refractivity contribution in [1.82, 2.24) is 5.32 Å². The van der Waals surface area contributed by atoms with Crippen LogP contribution in [-0.2, 0) is 6.42 Å². The van der Waals surface area contributed by atoms with Crippen molar-refractivity contribution in [2.24, 2.45) is 0 Å². The molecule has 1 aliphatic heterocycles. The smallest absolute Gasteiger partial charge is 0.251 e. The number of amides is 1. The van der Waals surface area contributed by atoms with E-state index in [2.05, 4.69) is 5.32 Å². The fourth-order valence-electron chi connectivity index (χ4n) is 2.66. The van der Waals surface area contributed by atoms with Crippen LogP contribution in [0.2, 0.25) is 0 Å². The van der Waals surface area contributed by atoms with Crippen LogP contribution in [0, 0.1) is 0 Å². The largest absolute Gasteiger partial charge is 0.497 e. The molecule has 0 aromatic heterocycles. The van der Waals surface area contributed by atoms with Crippen LogP contribution in [0.15, 0.2) is 42.5 Å². The Labute approximate surface area is 146 Å². The summed E-state index contributed by atoms with van der Waals surface area (Å²) in [7, 11) is 1.61. The van der Waals surface area contributed by atoms with E-state index in [1.54, 1.807) is 32.2 Å². The van der Waals surface area contributed by atoms with Gasteiger partial charge in [0.2, 0.25) is 6.79 Å². The lowest BCUT2D eigenvalue weighted by molar-refractivity contribution is 0.0552. The molecular weight excluding hydrogens is 322 g/mol. The molecule has 1 amide bonds. The molecule has 25 heavy (non-hydrogen) atoms. The molecule has 132 valence electrons. The number of rotatable bonds is 6. The van der Waals surface area contributed by atoms with Crippen LogP contribution in [0.25, 0.3) is 0 Å². The summed E-state index contributed by atoms with van der Waals surface area (Å²) in [5, 5.41) is 13.3. The summed E-state index contributed by atoms with van der Waals surface area (Å²) >= 11 is 0. The summed E-state index contributed by atoms with van der Waals surface area (Å²) in [5.41, 5.74) is 0.355. The van der Waals surface area contributed by atoms with E-state index in [-0.39, 0.29) is 19.2 Å². The van der Waals surface area contributed by atoms with Crippen molar-refractivity contribution in [3.63, 3.8) is 0 Å².